The van der Waals surface area contributed by atoms with Gasteiger partial charge in [0.1, 0.15) is 0 Å². The smallest absolute Gasteiger partial charge is 0.225 e. The average molecular weight is 256 g/mol. The Kier molecular flexibility index (Phi) is 5.59. The normalized spacial score (nSPS) is 18.1. The van der Waals surface area contributed by atoms with E-state index in [0.29, 0.717) is 39.0 Å². The fraction of sp³-hybridized carbons (Fsp3) is 0.846. The zero-order valence-electron chi connectivity index (χ0n) is 11.6. The number of hydrogen-bond acceptors (Lipinski definition) is 3. The molecule has 104 valence electrons. The minimum atomic E-state index is -0.433. The Balaban J connectivity index is 2.35. The van der Waals surface area contributed by atoms with E-state index in [0.717, 1.165) is 0 Å². The van der Waals surface area contributed by atoms with Crippen molar-refractivity contribution in [2.24, 2.45) is 5.92 Å². The molecule has 0 radical (unpaired) electrons. The summed E-state index contributed by atoms with van der Waals surface area (Å²) < 4.78 is 0. The first kappa shape index (κ1) is 15.0. The highest BCUT2D eigenvalue weighted by molar-refractivity contribution is 5.79. The summed E-state index contributed by atoms with van der Waals surface area (Å²) in [5.74, 6) is 0.251. The fourth-order valence-corrected chi connectivity index (χ4v) is 2.03. The number of nitrogens with zero attached hydrogens (tertiary/aromatic N) is 2. The lowest BCUT2D eigenvalue weighted by molar-refractivity contribution is -0.141. The molecule has 0 aromatic rings. The summed E-state index contributed by atoms with van der Waals surface area (Å²) in [5, 5.41) is 9.15. The molecule has 0 aromatic heterocycles. The second-order valence-corrected chi connectivity index (χ2v) is 5.25. The van der Waals surface area contributed by atoms with Gasteiger partial charge in [0.25, 0.3) is 0 Å². The van der Waals surface area contributed by atoms with Crippen molar-refractivity contribution in [3.8, 4) is 0 Å². The second-order valence-electron chi connectivity index (χ2n) is 5.25. The molecule has 1 heterocycles. The maximum absolute atomic E-state index is 11.8. The lowest BCUT2D eigenvalue weighted by Gasteiger charge is -2.35. The number of aliphatic hydroxyl groups excluding tert-OH is 1. The summed E-state index contributed by atoms with van der Waals surface area (Å²) in [5.41, 5.74) is 0. The summed E-state index contributed by atoms with van der Waals surface area (Å²) >= 11 is 0. The molecule has 5 heteroatoms. The van der Waals surface area contributed by atoms with E-state index in [1.54, 1.807) is 11.8 Å². The summed E-state index contributed by atoms with van der Waals surface area (Å²) in [6.45, 7) is 7.93. The van der Waals surface area contributed by atoms with Crippen LogP contribution in [0.25, 0.3) is 0 Å². The number of rotatable bonds is 4. The van der Waals surface area contributed by atoms with Crippen molar-refractivity contribution in [1.82, 2.24) is 9.80 Å². The Morgan fingerprint density at radius 1 is 1.06 bits per heavy atom. The first-order chi connectivity index (χ1) is 8.41. The summed E-state index contributed by atoms with van der Waals surface area (Å²) in [4.78, 5) is 27.2. The molecule has 1 aliphatic rings. The van der Waals surface area contributed by atoms with Crippen LogP contribution in [0.1, 0.15) is 33.6 Å². The molecule has 1 fully saturated rings. The van der Waals surface area contributed by atoms with Crippen LogP contribution < -0.4 is 0 Å². The van der Waals surface area contributed by atoms with E-state index in [4.69, 9.17) is 5.11 Å². The zero-order valence-corrected chi connectivity index (χ0v) is 11.6. The van der Waals surface area contributed by atoms with Crippen LogP contribution >= 0.6 is 0 Å². The van der Waals surface area contributed by atoms with Crippen LogP contribution in [-0.4, -0.2) is 59.0 Å². The third kappa shape index (κ3) is 4.29. The lowest BCUT2D eigenvalue weighted by atomic mass is 10.1. The van der Waals surface area contributed by atoms with Crippen molar-refractivity contribution in [3.05, 3.63) is 0 Å². The van der Waals surface area contributed by atoms with Crippen LogP contribution in [0, 0.1) is 5.92 Å². The van der Waals surface area contributed by atoms with Gasteiger partial charge in [-0.15, -0.1) is 0 Å². The van der Waals surface area contributed by atoms with Crippen molar-refractivity contribution < 1.29 is 14.7 Å². The number of carbonyl (C=O) groups excluding carboxylic acids is 2. The van der Waals surface area contributed by atoms with E-state index >= 15 is 0 Å². The molecule has 1 N–H and O–H groups in total. The third-order valence-electron chi connectivity index (χ3n) is 3.21. The summed E-state index contributed by atoms with van der Waals surface area (Å²) in [7, 11) is 0. The Bertz CT molecular complexity index is 295. The van der Waals surface area contributed by atoms with Crippen LogP contribution in [0.2, 0.25) is 0 Å². The van der Waals surface area contributed by atoms with Crippen LogP contribution in [0.3, 0.4) is 0 Å². The summed E-state index contributed by atoms with van der Waals surface area (Å²) in [6, 6.07) is 0. The van der Waals surface area contributed by atoms with Gasteiger partial charge >= 0.3 is 0 Å². The topological polar surface area (TPSA) is 60.9 Å². The Morgan fingerprint density at radius 2 is 1.56 bits per heavy atom. The van der Waals surface area contributed by atoms with Crippen molar-refractivity contribution in [2.45, 2.75) is 39.7 Å². The maximum atomic E-state index is 11.8. The first-order valence-corrected chi connectivity index (χ1v) is 6.66. The molecular formula is C13H24N2O3. The first-order valence-electron chi connectivity index (χ1n) is 6.66. The minimum absolute atomic E-state index is 0.0162. The molecule has 1 atom stereocenters. The van der Waals surface area contributed by atoms with Gasteiger partial charge in [0.15, 0.2) is 0 Å². The molecule has 1 rings (SSSR count). The molecule has 1 saturated heterocycles. The number of hydrogen-bond donors (Lipinski definition) is 1. The van der Waals surface area contributed by atoms with Crippen molar-refractivity contribution in [2.75, 3.05) is 26.2 Å². The standard InChI is InChI=1S/C13H24N2O3/c1-10(2)13(18)15-8-6-14(7-9-15)12(17)5-4-11(3)16/h10-11,16H,4-9H2,1-3H3. The highest BCUT2D eigenvalue weighted by Crippen LogP contribution is 2.09. The number of amides is 2. The van der Waals surface area contributed by atoms with E-state index in [-0.39, 0.29) is 17.7 Å². The third-order valence-corrected chi connectivity index (χ3v) is 3.21. The predicted molar refractivity (Wildman–Crippen MR) is 68.9 cm³/mol. The van der Waals surface area contributed by atoms with Crippen molar-refractivity contribution >= 4 is 11.8 Å². The summed E-state index contributed by atoms with van der Waals surface area (Å²) in [6.07, 6.45) is 0.456. The number of carbonyl (C=O) groups is 2. The molecule has 5 nitrogen and oxygen atoms in total. The molecule has 1 aliphatic heterocycles. The monoisotopic (exact) mass is 256 g/mol. The van der Waals surface area contributed by atoms with Crippen molar-refractivity contribution in [1.29, 1.82) is 0 Å². The van der Waals surface area contributed by atoms with E-state index in [1.807, 2.05) is 18.7 Å². The van der Waals surface area contributed by atoms with E-state index < -0.39 is 6.10 Å². The molecule has 18 heavy (non-hydrogen) atoms. The molecule has 0 aromatic carbocycles. The number of aliphatic hydroxyl groups is 1. The quantitative estimate of drug-likeness (QED) is 0.795. The van der Waals surface area contributed by atoms with Crippen molar-refractivity contribution in [3.63, 3.8) is 0 Å². The predicted octanol–water partition coefficient (Wildman–Crippen LogP) is 0.474. The SMILES string of the molecule is CC(O)CCC(=O)N1CCN(C(=O)C(C)C)CC1. The highest BCUT2D eigenvalue weighted by Gasteiger charge is 2.25. The maximum Gasteiger partial charge on any atom is 0.225 e. The van der Waals surface area contributed by atoms with Gasteiger partial charge in [-0.25, -0.2) is 0 Å². The van der Waals surface area contributed by atoms with Gasteiger partial charge < -0.3 is 14.9 Å². The van der Waals surface area contributed by atoms with E-state index in [2.05, 4.69) is 0 Å². The molecule has 0 aliphatic carbocycles. The molecule has 1 unspecified atom stereocenters. The van der Waals surface area contributed by atoms with Crippen LogP contribution in [-0.2, 0) is 9.59 Å². The van der Waals surface area contributed by atoms with Gasteiger partial charge in [0.05, 0.1) is 6.10 Å². The Labute approximate surface area is 109 Å². The van der Waals surface area contributed by atoms with Gasteiger partial charge in [0, 0.05) is 38.5 Å². The van der Waals surface area contributed by atoms with Crippen LogP contribution in [0.4, 0.5) is 0 Å². The molecule has 0 saturated carbocycles. The Hall–Kier alpha value is -1.10. The largest absolute Gasteiger partial charge is 0.393 e. The zero-order chi connectivity index (χ0) is 13.7. The molecule has 0 bridgehead atoms. The highest BCUT2D eigenvalue weighted by atomic mass is 16.3. The van der Waals surface area contributed by atoms with Gasteiger partial charge in [-0.05, 0) is 13.3 Å². The van der Waals surface area contributed by atoms with Crippen LogP contribution in [0.15, 0.2) is 0 Å². The van der Waals surface area contributed by atoms with Gasteiger partial charge in [-0.1, -0.05) is 13.8 Å². The molecular weight excluding hydrogens is 232 g/mol. The van der Waals surface area contributed by atoms with Gasteiger partial charge in [-0.3, -0.25) is 9.59 Å². The lowest BCUT2D eigenvalue weighted by Crippen LogP contribution is -2.51. The van der Waals surface area contributed by atoms with E-state index in [1.165, 1.54) is 0 Å². The van der Waals surface area contributed by atoms with Gasteiger partial charge in [0.2, 0.25) is 11.8 Å². The van der Waals surface area contributed by atoms with Gasteiger partial charge in [-0.2, -0.15) is 0 Å². The molecule has 2 amide bonds. The second kappa shape index (κ2) is 6.73. The van der Waals surface area contributed by atoms with Crippen LogP contribution in [0.5, 0.6) is 0 Å². The number of piperazine rings is 1. The fourth-order valence-electron chi connectivity index (χ4n) is 2.03. The van der Waals surface area contributed by atoms with E-state index in [9.17, 15) is 9.59 Å². The Morgan fingerprint density at radius 3 is 2.00 bits per heavy atom. The molecule has 0 spiro atoms. The average Bonchev–Trinajstić information content (AvgIpc) is 2.35. The minimum Gasteiger partial charge on any atom is -0.393 e.